The molecule has 0 aliphatic heterocycles. The molecule has 0 atom stereocenters. The highest BCUT2D eigenvalue weighted by Gasteiger charge is 2.04. The number of H-pyrrole nitrogens is 1. The van der Waals surface area contributed by atoms with Crippen molar-refractivity contribution in [3.63, 3.8) is 0 Å². The van der Waals surface area contributed by atoms with E-state index in [0.717, 1.165) is 27.9 Å². The normalized spacial score (nSPS) is 10.7. The zero-order chi connectivity index (χ0) is 12.4. The van der Waals surface area contributed by atoms with E-state index >= 15 is 0 Å². The summed E-state index contributed by atoms with van der Waals surface area (Å²) >= 11 is 0. The van der Waals surface area contributed by atoms with Crippen LogP contribution in [0.2, 0.25) is 0 Å². The van der Waals surface area contributed by atoms with Gasteiger partial charge in [0.2, 0.25) is 0 Å². The third-order valence-corrected chi connectivity index (χ3v) is 2.93. The number of hydrogen-bond donors (Lipinski definition) is 2. The Morgan fingerprint density at radius 2 is 1.89 bits per heavy atom. The molecule has 3 heteroatoms. The van der Waals surface area contributed by atoms with Gasteiger partial charge in [-0.05, 0) is 30.3 Å². The van der Waals surface area contributed by atoms with Gasteiger partial charge in [0.05, 0.1) is 0 Å². The van der Waals surface area contributed by atoms with Gasteiger partial charge in [-0.1, -0.05) is 18.2 Å². The van der Waals surface area contributed by atoms with Gasteiger partial charge in [-0.15, -0.1) is 0 Å². The first kappa shape index (κ1) is 10.7. The number of rotatable bonds is 3. The van der Waals surface area contributed by atoms with Gasteiger partial charge < -0.3 is 15.5 Å². The lowest BCUT2D eigenvalue weighted by Crippen LogP contribution is -1.94. The standard InChI is InChI=1S/C15H14N2O/c16-12-6-7-15-14(8-12)11(9-17-15)10-18-13-4-2-1-3-5-13/h1-9,17H,10,16H2. The van der Waals surface area contributed by atoms with Gasteiger partial charge in [-0.3, -0.25) is 0 Å². The molecule has 0 saturated carbocycles. The molecule has 3 rings (SSSR count). The molecule has 18 heavy (non-hydrogen) atoms. The molecule has 0 aliphatic carbocycles. The summed E-state index contributed by atoms with van der Waals surface area (Å²) in [5.74, 6) is 0.871. The molecule has 2 aromatic carbocycles. The molecule has 3 N–H and O–H groups in total. The monoisotopic (exact) mass is 238 g/mol. The summed E-state index contributed by atoms with van der Waals surface area (Å²) in [5.41, 5.74) is 8.76. The molecule has 3 aromatic rings. The number of anilines is 1. The van der Waals surface area contributed by atoms with E-state index in [9.17, 15) is 0 Å². The largest absolute Gasteiger partial charge is 0.489 e. The number of benzene rings is 2. The maximum Gasteiger partial charge on any atom is 0.119 e. The fourth-order valence-electron chi connectivity index (χ4n) is 1.99. The Morgan fingerprint density at radius 1 is 1.06 bits per heavy atom. The van der Waals surface area contributed by atoms with Crippen molar-refractivity contribution in [2.45, 2.75) is 6.61 Å². The van der Waals surface area contributed by atoms with E-state index < -0.39 is 0 Å². The van der Waals surface area contributed by atoms with E-state index in [1.54, 1.807) is 0 Å². The molecule has 0 spiro atoms. The van der Waals surface area contributed by atoms with Crippen molar-refractivity contribution in [2.75, 3.05) is 5.73 Å². The Morgan fingerprint density at radius 3 is 2.72 bits per heavy atom. The number of aromatic nitrogens is 1. The highest BCUT2D eigenvalue weighted by molar-refractivity contribution is 5.85. The van der Waals surface area contributed by atoms with Crippen LogP contribution >= 0.6 is 0 Å². The fraction of sp³-hybridized carbons (Fsp3) is 0.0667. The Labute approximate surface area is 105 Å². The van der Waals surface area contributed by atoms with Crippen LogP contribution in [0.3, 0.4) is 0 Å². The van der Waals surface area contributed by atoms with Crippen LogP contribution in [0.1, 0.15) is 5.56 Å². The SMILES string of the molecule is Nc1ccc2[nH]cc(COc3ccccc3)c2c1. The number of hydrogen-bond acceptors (Lipinski definition) is 2. The van der Waals surface area contributed by atoms with Gasteiger partial charge >= 0.3 is 0 Å². The van der Waals surface area contributed by atoms with Crippen LogP contribution in [0.25, 0.3) is 10.9 Å². The molecule has 0 radical (unpaired) electrons. The van der Waals surface area contributed by atoms with Crippen LogP contribution in [-0.2, 0) is 6.61 Å². The summed E-state index contributed by atoms with van der Waals surface area (Å²) in [7, 11) is 0. The third kappa shape index (κ3) is 2.02. The number of para-hydroxylation sites is 1. The molecule has 0 aliphatic rings. The minimum Gasteiger partial charge on any atom is -0.489 e. The molecule has 0 amide bonds. The van der Waals surface area contributed by atoms with E-state index in [2.05, 4.69) is 4.98 Å². The Balaban J connectivity index is 1.85. The van der Waals surface area contributed by atoms with Crippen molar-refractivity contribution in [3.05, 3.63) is 60.3 Å². The predicted molar refractivity (Wildman–Crippen MR) is 73.5 cm³/mol. The molecule has 0 saturated heterocycles. The van der Waals surface area contributed by atoms with Gasteiger partial charge in [0.1, 0.15) is 12.4 Å². The highest BCUT2D eigenvalue weighted by Crippen LogP contribution is 2.22. The van der Waals surface area contributed by atoms with Crippen molar-refractivity contribution in [2.24, 2.45) is 0 Å². The molecule has 1 heterocycles. The van der Waals surface area contributed by atoms with Crippen LogP contribution in [0, 0.1) is 0 Å². The van der Waals surface area contributed by atoms with Gasteiger partial charge in [-0.25, -0.2) is 0 Å². The zero-order valence-corrected chi connectivity index (χ0v) is 9.89. The van der Waals surface area contributed by atoms with Gasteiger partial charge in [0.15, 0.2) is 0 Å². The highest BCUT2D eigenvalue weighted by atomic mass is 16.5. The molecular weight excluding hydrogens is 224 g/mol. The lowest BCUT2D eigenvalue weighted by Gasteiger charge is -2.05. The van der Waals surface area contributed by atoms with Crippen molar-refractivity contribution < 1.29 is 4.74 Å². The number of aromatic amines is 1. The number of fused-ring (bicyclic) bond motifs is 1. The lowest BCUT2D eigenvalue weighted by atomic mass is 10.1. The minimum atomic E-state index is 0.535. The summed E-state index contributed by atoms with van der Waals surface area (Å²) in [4.78, 5) is 3.22. The molecule has 0 fully saturated rings. The molecule has 90 valence electrons. The van der Waals surface area contributed by atoms with Crippen LogP contribution in [0.4, 0.5) is 5.69 Å². The maximum atomic E-state index is 5.80. The summed E-state index contributed by atoms with van der Waals surface area (Å²) in [6, 6.07) is 15.6. The molecule has 3 nitrogen and oxygen atoms in total. The molecule has 1 aromatic heterocycles. The minimum absolute atomic E-state index is 0.535. The van der Waals surface area contributed by atoms with E-state index in [1.165, 1.54) is 0 Å². The van der Waals surface area contributed by atoms with Crippen molar-refractivity contribution in [1.82, 2.24) is 4.98 Å². The van der Waals surface area contributed by atoms with E-state index in [4.69, 9.17) is 10.5 Å². The molecule has 0 bridgehead atoms. The van der Waals surface area contributed by atoms with Crippen molar-refractivity contribution >= 4 is 16.6 Å². The summed E-state index contributed by atoms with van der Waals surface area (Å²) in [5, 5.41) is 1.12. The van der Waals surface area contributed by atoms with Crippen LogP contribution < -0.4 is 10.5 Å². The van der Waals surface area contributed by atoms with E-state index in [-0.39, 0.29) is 0 Å². The third-order valence-electron chi connectivity index (χ3n) is 2.93. The summed E-state index contributed by atoms with van der Waals surface area (Å²) in [6.45, 7) is 0.535. The average Bonchev–Trinajstić information content (AvgIpc) is 2.80. The first-order valence-corrected chi connectivity index (χ1v) is 5.86. The first-order chi connectivity index (χ1) is 8.83. The Kier molecular flexibility index (Phi) is 2.65. The van der Waals surface area contributed by atoms with Gasteiger partial charge in [-0.2, -0.15) is 0 Å². The average molecular weight is 238 g/mol. The quantitative estimate of drug-likeness (QED) is 0.688. The van der Waals surface area contributed by atoms with Crippen LogP contribution in [0.15, 0.2) is 54.7 Å². The number of nitrogens with one attached hydrogen (secondary N) is 1. The second-order valence-corrected chi connectivity index (χ2v) is 4.22. The Bertz CT molecular complexity index is 659. The van der Waals surface area contributed by atoms with Gasteiger partial charge in [0, 0.05) is 28.4 Å². The number of ether oxygens (including phenoxy) is 1. The summed E-state index contributed by atoms with van der Waals surface area (Å²) in [6.07, 6.45) is 1.97. The zero-order valence-electron chi connectivity index (χ0n) is 9.89. The van der Waals surface area contributed by atoms with Crippen molar-refractivity contribution in [3.8, 4) is 5.75 Å². The topological polar surface area (TPSA) is 51.0 Å². The second kappa shape index (κ2) is 4.45. The van der Waals surface area contributed by atoms with E-state index in [1.807, 2.05) is 54.7 Å². The van der Waals surface area contributed by atoms with Gasteiger partial charge in [0.25, 0.3) is 0 Å². The molecular formula is C15H14N2O. The lowest BCUT2D eigenvalue weighted by molar-refractivity contribution is 0.307. The van der Waals surface area contributed by atoms with E-state index in [0.29, 0.717) is 6.61 Å². The van der Waals surface area contributed by atoms with Crippen molar-refractivity contribution in [1.29, 1.82) is 0 Å². The maximum absolute atomic E-state index is 5.80. The van der Waals surface area contributed by atoms with Crippen LogP contribution in [0.5, 0.6) is 5.75 Å². The fourth-order valence-corrected chi connectivity index (χ4v) is 1.99. The molecule has 0 unspecified atom stereocenters. The smallest absolute Gasteiger partial charge is 0.119 e. The summed E-state index contributed by atoms with van der Waals surface area (Å²) < 4.78 is 5.74. The number of nitrogen functional groups attached to an aromatic ring is 1. The second-order valence-electron chi connectivity index (χ2n) is 4.22. The Hall–Kier alpha value is -2.42. The van der Waals surface area contributed by atoms with Crippen LogP contribution in [-0.4, -0.2) is 4.98 Å². The first-order valence-electron chi connectivity index (χ1n) is 5.86. The number of nitrogens with two attached hydrogens (primary N) is 1. The predicted octanol–water partition coefficient (Wildman–Crippen LogP) is 3.33.